The van der Waals surface area contributed by atoms with Gasteiger partial charge in [-0.3, -0.25) is 14.1 Å². The molecular formula is C18H31O10P. The number of unbranched alkanes of at least 4 members (excludes halogenated alkanes) is 4. The zero-order chi connectivity index (χ0) is 22.1. The Bertz CT molecular complexity index is 569. The smallest absolute Gasteiger partial charge is 0.466 e. The summed E-state index contributed by atoms with van der Waals surface area (Å²) in [5, 5.41) is 0. The van der Waals surface area contributed by atoms with Crippen molar-refractivity contribution >= 4 is 25.7 Å². The Kier molecular flexibility index (Phi) is 15.1. The van der Waals surface area contributed by atoms with E-state index < -0.39 is 13.8 Å². The largest absolute Gasteiger partial charge is 0.469 e. The lowest BCUT2D eigenvalue weighted by Gasteiger charge is -2.07. The topological polar surface area (TPSA) is 146 Å². The van der Waals surface area contributed by atoms with E-state index in [4.69, 9.17) is 24.0 Å². The first-order valence-corrected chi connectivity index (χ1v) is 11.0. The number of phosphoric ester groups is 1. The molecule has 2 N–H and O–H groups in total. The van der Waals surface area contributed by atoms with Crippen LogP contribution in [0.3, 0.4) is 0 Å². The highest BCUT2D eigenvalue weighted by atomic mass is 31.2. The molecular weight excluding hydrogens is 407 g/mol. The van der Waals surface area contributed by atoms with Crippen molar-refractivity contribution in [1.29, 1.82) is 0 Å². The first-order valence-electron chi connectivity index (χ1n) is 9.46. The van der Waals surface area contributed by atoms with Gasteiger partial charge in [-0.25, -0.2) is 9.36 Å². The maximum absolute atomic E-state index is 11.5. The van der Waals surface area contributed by atoms with E-state index in [2.05, 4.69) is 11.1 Å². The first-order chi connectivity index (χ1) is 13.6. The van der Waals surface area contributed by atoms with Crippen molar-refractivity contribution in [3.63, 3.8) is 0 Å². The van der Waals surface area contributed by atoms with Gasteiger partial charge in [-0.15, -0.1) is 0 Å². The van der Waals surface area contributed by atoms with Crippen molar-refractivity contribution in [3.8, 4) is 0 Å². The Hall–Kier alpha value is -1.74. The van der Waals surface area contributed by atoms with Crippen molar-refractivity contribution in [2.24, 2.45) is 0 Å². The van der Waals surface area contributed by atoms with E-state index in [0.29, 0.717) is 38.5 Å². The van der Waals surface area contributed by atoms with Crippen LogP contribution < -0.4 is 0 Å². The van der Waals surface area contributed by atoms with Crippen LogP contribution in [0.1, 0.15) is 58.3 Å². The second kappa shape index (κ2) is 16.1. The molecule has 0 aliphatic rings. The molecule has 0 heterocycles. The van der Waals surface area contributed by atoms with Crippen molar-refractivity contribution in [3.05, 3.63) is 12.2 Å². The van der Waals surface area contributed by atoms with Crippen molar-refractivity contribution in [2.45, 2.75) is 58.3 Å². The third-order valence-corrected chi connectivity index (χ3v) is 4.02. The Morgan fingerprint density at radius 1 is 0.759 bits per heavy atom. The quantitative estimate of drug-likeness (QED) is 0.114. The van der Waals surface area contributed by atoms with Gasteiger partial charge in [-0.2, -0.15) is 0 Å². The number of phosphoric acid groups is 1. The first kappa shape index (κ1) is 27.3. The second-order valence-electron chi connectivity index (χ2n) is 6.30. The highest BCUT2D eigenvalue weighted by Gasteiger charge is 2.12. The molecule has 0 saturated carbocycles. The zero-order valence-electron chi connectivity index (χ0n) is 16.8. The van der Waals surface area contributed by atoms with Gasteiger partial charge in [0, 0.05) is 18.4 Å². The molecule has 0 saturated heterocycles. The van der Waals surface area contributed by atoms with Gasteiger partial charge in [0.05, 0.1) is 13.2 Å². The summed E-state index contributed by atoms with van der Waals surface area (Å²) >= 11 is 0. The molecule has 0 spiro atoms. The molecule has 0 bridgehead atoms. The normalized spacial score (nSPS) is 11.0. The molecule has 0 amide bonds. The Morgan fingerprint density at radius 3 is 1.76 bits per heavy atom. The van der Waals surface area contributed by atoms with Gasteiger partial charge in [0.1, 0.15) is 13.2 Å². The van der Waals surface area contributed by atoms with Crippen LogP contribution in [0.2, 0.25) is 0 Å². The van der Waals surface area contributed by atoms with Gasteiger partial charge in [0.25, 0.3) is 0 Å². The molecule has 0 aliphatic carbocycles. The minimum absolute atomic E-state index is 0.000895. The SMILES string of the molecule is C=C(C)C(=O)OCCOC(=O)CCCCCOC(=O)CCCCCOP(=O)(O)O. The molecule has 10 nitrogen and oxygen atoms in total. The van der Waals surface area contributed by atoms with E-state index in [1.165, 1.54) is 6.92 Å². The molecule has 0 radical (unpaired) electrons. The van der Waals surface area contributed by atoms with Gasteiger partial charge >= 0.3 is 25.7 Å². The number of carbonyl (C=O) groups is 3. The van der Waals surface area contributed by atoms with E-state index in [1.54, 1.807) is 0 Å². The summed E-state index contributed by atoms with van der Waals surface area (Å²) < 4.78 is 29.5. The van der Waals surface area contributed by atoms with Crippen LogP contribution in [-0.2, 0) is 37.7 Å². The molecule has 0 aromatic carbocycles. The van der Waals surface area contributed by atoms with Crippen LogP contribution in [0.5, 0.6) is 0 Å². The van der Waals surface area contributed by atoms with Crippen molar-refractivity contribution in [2.75, 3.05) is 26.4 Å². The zero-order valence-corrected chi connectivity index (χ0v) is 17.7. The molecule has 0 rings (SSSR count). The molecule has 0 aromatic heterocycles. The van der Waals surface area contributed by atoms with Crippen LogP contribution in [-0.4, -0.2) is 54.1 Å². The highest BCUT2D eigenvalue weighted by Crippen LogP contribution is 2.35. The molecule has 11 heteroatoms. The number of hydrogen-bond donors (Lipinski definition) is 2. The summed E-state index contributed by atoms with van der Waals surface area (Å²) in [6.45, 7) is 5.17. The molecule has 0 unspecified atom stereocenters. The summed E-state index contributed by atoms with van der Waals surface area (Å²) in [5.41, 5.74) is 0.282. The molecule has 29 heavy (non-hydrogen) atoms. The number of ether oxygens (including phenoxy) is 3. The van der Waals surface area contributed by atoms with Gasteiger partial charge in [-0.1, -0.05) is 13.0 Å². The third-order valence-electron chi connectivity index (χ3n) is 3.50. The minimum Gasteiger partial charge on any atom is -0.466 e. The van der Waals surface area contributed by atoms with E-state index in [9.17, 15) is 18.9 Å². The van der Waals surface area contributed by atoms with Gasteiger partial charge < -0.3 is 24.0 Å². The lowest BCUT2D eigenvalue weighted by atomic mass is 10.2. The lowest BCUT2D eigenvalue weighted by Crippen LogP contribution is -2.14. The standard InChI is InChI=1S/C18H31O10P/c1-15(2)18(21)27-14-13-26-17(20)10-5-3-7-11-25-16(19)9-6-4-8-12-28-29(22,23)24/h1,3-14H2,2H3,(H2,22,23,24). The summed E-state index contributed by atoms with van der Waals surface area (Å²) in [6.07, 6.45) is 4.00. The maximum Gasteiger partial charge on any atom is 0.469 e. The fraction of sp³-hybridized carbons (Fsp3) is 0.722. The number of hydrogen-bond acceptors (Lipinski definition) is 8. The van der Waals surface area contributed by atoms with Crippen molar-refractivity contribution < 1.29 is 47.5 Å². The number of rotatable bonds is 17. The summed E-state index contributed by atoms with van der Waals surface area (Å²) in [7, 11) is -4.42. The van der Waals surface area contributed by atoms with Gasteiger partial charge in [0.15, 0.2) is 0 Å². The molecule has 0 aromatic rings. The summed E-state index contributed by atoms with van der Waals surface area (Å²) in [4.78, 5) is 51.1. The number of esters is 3. The molecule has 0 fully saturated rings. The summed E-state index contributed by atoms with van der Waals surface area (Å²) in [5.74, 6) is -1.23. The van der Waals surface area contributed by atoms with Gasteiger partial charge in [0.2, 0.25) is 0 Å². The molecule has 0 aliphatic heterocycles. The van der Waals surface area contributed by atoms with E-state index >= 15 is 0 Å². The van der Waals surface area contributed by atoms with Crippen LogP contribution >= 0.6 is 7.82 Å². The van der Waals surface area contributed by atoms with Crippen molar-refractivity contribution in [1.82, 2.24) is 0 Å². The average Bonchev–Trinajstić information content (AvgIpc) is 2.63. The lowest BCUT2D eigenvalue weighted by molar-refractivity contribution is -0.150. The predicted molar refractivity (Wildman–Crippen MR) is 103 cm³/mol. The molecule has 0 atom stereocenters. The van der Waals surface area contributed by atoms with E-state index in [0.717, 1.165) is 0 Å². The van der Waals surface area contributed by atoms with Crippen LogP contribution in [0.4, 0.5) is 0 Å². The number of carbonyl (C=O) groups excluding carboxylic acids is 3. The fourth-order valence-electron chi connectivity index (χ4n) is 2.02. The van der Waals surface area contributed by atoms with Crippen LogP contribution in [0.25, 0.3) is 0 Å². The minimum atomic E-state index is -4.42. The van der Waals surface area contributed by atoms with Gasteiger partial charge in [-0.05, 0) is 39.0 Å². The average molecular weight is 438 g/mol. The fourth-order valence-corrected chi connectivity index (χ4v) is 2.39. The predicted octanol–water partition coefficient (Wildman–Crippen LogP) is 2.42. The second-order valence-corrected chi connectivity index (χ2v) is 7.54. The summed E-state index contributed by atoms with van der Waals surface area (Å²) in [6, 6.07) is 0. The van der Waals surface area contributed by atoms with E-state index in [-0.39, 0.29) is 56.8 Å². The van der Waals surface area contributed by atoms with Crippen LogP contribution in [0, 0.1) is 0 Å². The monoisotopic (exact) mass is 438 g/mol. The Morgan fingerprint density at radius 2 is 1.24 bits per heavy atom. The Balaban J connectivity index is 3.45. The van der Waals surface area contributed by atoms with E-state index in [1.807, 2.05) is 0 Å². The Labute approximate surface area is 170 Å². The van der Waals surface area contributed by atoms with Crippen LogP contribution in [0.15, 0.2) is 12.2 Å². The highest BCUT2D eigenvalue weighted by molar-refractivity contribution is 7.46. The molecule has 168 valence electrons. The maximum atomic E-state index is 11.5. The third kappa shape index (κ3) is 19.4.